The molecule has 2 N–H and O–H groups in total. The summed E-state index contributed by atoms with van der Waals surface area (Å²) in [5.74, 6) is 0.288. The average molecular weight is 208 g/mol. The van der Waals surface area contributed by atoms with Crippen LogP contribution in [0.4, 0.5) is 0 Å². The molecule has 1 saturated carbocycles. The molecule has 4 nitrogen and oxygen atoms in total. The first-order chi connectivity index (χ1) is 7.27. The van der Waals surface area contributed by atoms with Crippen LogP contribution >= 0.6 is 0 Å². The van der Waals surface area contributed by atoms with Gasteiger partial charge in [0.15, 0.2) is 5.76 Å². The van der Waals surface area contributed by atoms with Crippen molar-refractivity contribution >= 4 is 5.91 Å². The van der Waals surface area contributed by atoms with Crippen LogP contribution < -0.4 is 10.6 Å². The number of carbonyl (C=O) groups excluding carboxylic acids is 1. The molecule has 1 heterocycles. The monoisotopic (exact) mass is 208 g/mol. The maximum atomic E-state index is 11.6. The van der Waals surface area contributed by atoms with Gasteiger partial charge in [0.05, 0.1) is 6.26 Å². The highest BCUT2D eigenvalue weighted by atomic mass is 16.3. The van der Waals surface area contributed by atoms with Crippen molar-refractivity contribution in [1.82, 2.24) is 10.6 Å². The van der Waals surface area contributed by atoms with Crippen molar-refractivity contribution in [1.29, 1.82) is 0 Å². The van der Waals surface area contributed by atoms with E-state index in [1.807, 2.05) is 6.92 Å². The zero-order chi connectivity index (χ0) is 10.7. The van der Waals surface area contributed by atoms with E-state index in [0.717, 1.165) is 12.1 Å². The van der Waals surface area contributed by atoms with E-state index in [-0.39, 0.29) is 5.91 Å². The molecule has 2 rings (SSSR count). The lowest BCUT2D eigenvalue weighted by Gasteiger charge is -2.04. The Morgan fingerprint density at radius 3 is 2.93 bits per heavy atom. The molecule has 0 bridgehead atoms. The van der Waals surface area contributed by atoms with Gasteiger partial charge < -0.3 is 15.1 Å². The third-order valence-corrected chi connectivity index (χ3v) is 2.49. The molecule has 0 aromatic carbocycles. The minimum atomic E-state index is -0.130. The molecule has 4 heteroatoms. The molecule has 0 atom stereocenters. The highest BCUT2D eigenvalue weighted by Gasteiger charge is 2.19. The second-order valence-corrected chi connectivity index (χ2v) is 3.92. The van der Waals surface area contributed by atoms with Gasteiger partial charge in [-0.15, -0.1) is 0 Å². The predicted octanol–water partition coefficient (Wildman–Crippen LogP) is 1.07. The van der Waals surface area contributed by atoms with Crippen LogP contribution in [-0.2, 0) is 0 Å². The molecular formula is C11H16N2O2. The highest BCUT2D eigenvalue weighted by molar-refractivity contribution is 5.92. The molecule has 0 spiro atoms. The van der Waals surface area contributed by atoms with Gasteiger partial charge in [-0.2, -0.15) is 0 Å². The minimum Gasteiger partial charge on any atom is -0.459 e. The summed E-state index contributed by atoms with van der Waals surface area (Å²) in [6.07, 6.45) is 4.07. The summed E-state index contributed by atoms with van der Waals surface area (Å²) in [4.78, 5) is 11.6. The number of hydrogen-bond acceptors (Lipinski definition) is 3. The Kier molecular flexibility index (Phi) is 3.06. The van der Waals surface area contributed by atoms with Gasteiger partial charge in [-0.3, -0.25) is 4.79 Å². The Balaban J connectivity index is 1.69. The van der Waals surface area contributed by atoms with Gasteiger partial charge in [0.1, 0.15) is 0 Å². The van der Waals surface area contributed by atoms with E-state index in [1.54, 1.807) is 6.07 Å². The van der Waals surface area contributed by atoms with Crippen LogP contribution in [0.2, 0.25) is 0 Å². The van der Waals surface area contributed by atoms with Crippen LogP contribution in [0.15, 0.2) is 16.7 Å². The second-order valence-electron chi connectivity index (χ2n) is 3.92. The molecule has 15 heavy (non-hydrogen) atoms. The van der Waals surface area contributed by atoms with Gasteiger partial charge in [-0.05, 0) is 25.8 Å². The van der Waals surface area contributed by atoms with Crippen LogP contribution in [0, 0.1) is 6.92 Å². The summed E-state index contributed by atoms with van der Waals surface area (Å²) in [5.41, 5.74) is 0.877. The lowest BCUT2D eigenvalue weighted by Crippen LogP contribution is -2.32. The third kappa shape index (κ3) is 2.83. The van der Waals surface area contributed by atoms with E-state index in [9.17, 15) is 4.79 Å². The molecule has 1 fully saturated rings. The van der Waals surface area contributed by atoms with Gasteiger partial charge in [0.2, 0.25) is 0 Å². The lowest BCUT2D eigenvalue weighted by molar-refractivity contribution is 0.0925. The summed E-state index contributed by atoms with van der Waals surface area (Å²) in [6, 6.07) is 2.48. The Hall–Kier alpha value is -1.29. The highest BCUT2D eigenvalue weighted by Crippen LogP contribution is 2.17. The molecule has 1 aromatic heterocycles. The van der Waals surface area contributed by atoms with Crippen molar-refractivity contribution < 1.29 is 9.21 Å². The van der Waals surface area contributed by atoms with Crippen molar-refractivity contribution in [2.24, 2.45) is 0 Å². The first kappa shape index (κ1) is 10.2. The maximum absolute atomic E-state index is 11.6. The third-order valence-electron chi connectivity index (χ3n) is 2.49. The Morgan fingerprint density at radius 2 is 2.33 bits per heavy atom. The molecule has 1 amide bonds. The van der Waals surface area contributed by atoms with Gasteiger partial charge in [0, 0.05) is 24.7 Å². The normalized spacial score (nSPS) is 15.3. The van der Waals surface area contributed by atoms with E-state index < -0.39 is 0 Å². The number of aryl methyl sites for hydroxylation is 1. The SMILES string of the molecule is Cc1ccoc1C(=O)NCCNC1CC1. The lowest BCUT2D eigenvalue weighted by atomic mass is 10.3. The van der Waals surface area contributed by atoms with Gasteiger partial charge in [-0.25, -0.2) is 0 Å². The zero-order valence-corrected chi connectivity index (χ0v) is 8.88. The summed E-state index contributed by atoms with van der Waals surface area (Å²) < 4.78 is 5.08. The van der Waals surface area contributed by atoms with Crippen LogP contribution in [0.1, 0.15) is 29.0 Å². The molecule has 82 valence electrons. The van der Waals surface area contributed by atoms with Gasteiger partial charge >= 0.3 is 0 Å². The average Bonchev–Trinajstić information content (AvgIpc) is 2.94. The first-order valence-electron chi connectivity index (χ1n) is 5.33. The Morgan fingerprint density at radius 1 is 1.53 bits per heavy atom. The van der Waals surface area contributed by atoms with Crippen molar-refractivity contribution in [3.05, 3.63) is 23.7 Å². The van der Waals surface area contributed by atoms with Crippen LogP contribution in [0.5, 0.6) is 0 Å². The summed E-state index contributed by atoms with van der Waals surface area (Å²) >= 11 is 0. The topological polar surface area (TPSA) is 54.3 Å². The Bertz CT molecular complexity index is 342. The van der Waals surface area contributed by atoms with Crippen LogP contribution in [-0.4, -0.2) is 25.0 Å². The van der Waals surface area contributed by atoms with Crippen LogP contribution in [0.3, 0.4) is 0 Å². The fourth-order valence-electron chi connectivity index (χ4n) is 1.43. The number of nitrogens with one attached hydrogen (secondary N) is 2. The Labute approximate surface area is 89.0 Å². The minimum absolute atomic E-state index is 0.130. The number of carbonyl (C=O) groups is 1. The summed E-state index contributed by atoms with van der Waals surface area (Å²) in [6.45, 7) is 3.34. The molecular weight excluding hydrogens is 192 g/mol. The van der Waals surface area contributed by atoms with Crippen LogP contribution in [0.25, 0.3) is 0 Å². The molecule has 1 aliphatic carbocycles. The smallest absolute Gasteiger partial charge is 0.287 e. The number of furan rings is 1. The molecule has 0 unspecified atom stereocenters. The van der Waals surface area contributed by atoms with Gasteiger partial charge in [-0.1, -0.05) is 0 Å². The molecule has 0 saturated heterocycles. The van der Waals surface area contributed by atoms with E-state index >= 15 is 0 Å². The van der Waals surface area contributed by atoms with Gasteiger partial charge in [0.25, 0.3) is 5.91 Å². The summed E-state index contributed by atoms with van der Waals surface area (Å²) in [7, 11) is 0. The standard InChI is InChI=1S/C11H16N2O2/c1-8-4-7-15-10(8)11(14)13-6-5-12-9-2-3-9/h4,7,9,12H,2-3,5-6H2,1H3,(H,13,14). The van der Waals surface area contributed by atoms with E-state index in [0.29, 0.717) is 18.3 Å². The van der Waals surface area contributed by atoms with Crippen molar-refractivity contribution in [2.45, 2.75) is 25.8 Å². The first-order valence-corrected chi connectivity index (χ1v) is 5.33. The fourth-order valence-corrected chi connectivity index (χ4v) is 1.43. The van der Waals surface area contributed by atoms with E-state index in [2.05, 4.69) is 10.6 Å². The largest absolute Gasteiger partial charge is 0.459 e. The molecule has 1 aliphatic rings. The number of amides is 1. The summed E-state index contributed by atoms with van der Waals surface area (Å²) in [5, 5.41) is 6.14. The van der Waals surface area contributed by atoms with Crippen molar-refractivity contribution in [3.63, 3.8) is 0 Å². The molecule has 0 aliphatic heterocycles. The quantitative estimate of drug-likeness (QED) is 0.712. The van der Waals surface area contributed by atoms with E-state index in [4.69, 9.17) is 4.42 Å². The van der Waals surface area contributed by atoms with Crippen molar-refractivity contribution in [3.8, 4) is 0 Å². The fraction of sp³-hybridized carbons (Fsp3) is 0.545. The number of hydrogen-bond donors (Lipinski definition) is 2. The number of rotatable bonds is 5. The molecule has 0 radical (unpaired) electrons. The predicted molar refractivity (Wildman–Crippen MR) is 56.8 cm³/mol. The zero-order valence-electron chi connectivity index (χ0n) is 8.88. The second kappa shape index (κ2) is 4.49. The van der Waals surface area contributed by atoms with E-state index in [1.165, 1.54) is 19.1 Å². The van der Waals surface area contributed by atoms with Crippen molar-refractivity contribution in [2.75, 3.05) is 13.1 Å². The maximum Gasteiger partial charge on any atom is 0.287 e. The molecule has 1 aromatic rings.